The van der Waals surface area contributed by atoms with Gasteiger partial charge in [-0.2, -0.15) is 5.26 Å². The lowest BCUT2D eigenvalue weighted by atomic mass is 10.2. The van der Waals surface area contributed by atoms with E-state index in [2.05, 4.69) is 11.1 Å². The standard InChI is InChI=1S/C19H17N3O2S/c1-3-24-17-11-7-6-10-16(17)22-18(23)14-8-4-5-9-15(14)21-19(22)25-13(2)12-20/h4-11,13H,3H2,1-2H3/t13-/m1/s1. The van der Waals surface area contributed by atoms with Crippen LogP contribution in [0.5, 0.6) is 5.75 Å². The quantitative estimate of drug-likeness (QED) is 0.517. The van der Waals surface area contributed by atoms with Gasteiger partial charge < -0.3 is 4.74 Å². The molecule has 0 aliphatic carbocycles. The normalized spacial score (nSPS) is 11.9. The summed E-state index contributed by atoms with van der Waals surface area (Å²) in [7, 11) is 0. The molecule has 25 heavy (non-hydrogen) atoms. The summed E-state index contributed by atoms with van der Waals surface area (Å²) >= 11 is 1.26. The third kappa shape index (κ3) is 3.37. The fourth-order valence-corrected chi connectivity index (χ4v) is 3.31. The number of aromatic nitrogens is 2. The van der Waals surface area contributed by atoms with Crippen molar-refractivity contribution in [1.29, 1.82) is 5.26 Å². The number of rotatable bonds is 5. The van der Waals surface area contributed by atoms with Gasteiger partial charge in [0.1, 0.15) is 5.75 Å². The molecule has 3 rings (SSSR count). The van der Waals surface area contributed by atoms with E-state index >= 15 is 0 Å². The van der Waals surface area contributed by atoms with Crippen molar-refractivity contribution in [3.05, 3.63) is 58.9 Å². The van der Waals surface area contributed by atoms with E-state index in [0.717, 1.165) is 0 Å². The summed E-state index contributed by atoms with van der Waals surface area (Å²) in [6.07, 6.45) is 0. The van der Waals surface area contributed by atoms with Crippen LogP contribution in [0.4, 0.5) is 0 Å². The van der Waals surface area contributed by atoms with E-state index in [-0.39, 0.29) is 10.8 Å². The van der Waals surface area contributed by atoms with Crippen LogP contribution in [0.25, 0.3) is 16.6 Å². The zero-order chi connectivity index (χ0) is 17.8. The van der Waals surface area contributed by atoms with Crippen LogP contribution in [0.15, 0.2) is 58.5 Å². The molecule has 0 saturated heterocycles. The molecule has 1 aromatic heterocycles. The monoisotopic (exact) mass is 351 g/mol. The smallest absolute Gasteiger partial charge is 0.266 e. The van der Waals surface area contributed by atoms with Crippen molar-refractivity contribution in [2.75, 3.05) is 6.61 Å². The van der Waals surface area contributed by atoms with E-state index in [9.17, 15) is 4.79 Å². The first kappa shape index (κ1) is 17.1. The SMILES string of the molecule is CCOc1ccccc1-n1c(S[C@H](C)C#N)nc2ccccc2c1=O. The van der Waals surface area contributed by atoms with Gasteiger partial charge in [-0.15, -0.1) is 0 Å². The highest BCUT2D eigenvalue weighted by atomic mass is 32.2. The maximum Gasteiger partial charge on any atom is 0.266 e. The Bertz CT molecular complexity index is 1010. The van der Waals surface area contributed by atoms with Crippen molar-refractivity contribution in [2.24, 2.45) is 0 Å². The molecular formula is C19H17N3O2S. The molecule has 2 aromatic carbocycles. The van der Waals surface area contributed by atoms with E-state index in [1.807, 2.05) is 43.3 Å². The first-order chi connectivity index (χ1) is 12.2. The van der Waals surface area contributed by atoms with Gasteiger partial charge in [-0.3, -0.25) is 9.36 Å². The molecule has 0 N–H and O–H groups in total. The van der Waals surface area contributed by atoms with Crippen molar-refractivity contribution in [3.63, 3.8) is 0 Å². The van der Waals surface area contributed by atoms with Gasteiger partial charge in [-0.25, -0.2) is 4.98 Å². The Morgan fingerprint density at radius 1 is 1.24 bits per heavy atom. The molecule has 3 aromatic rings. The molecule has 6 heteroatoms. The topological polar surface area (TPSA) is 67.9 Å². The predicted octanol–water partition coefficient (Wildman–Crippen LogP) is 3.79. The van der Waals surface area contributed by atoms with E-state index in [4.69, 9.17) is 10.00 Å². The fraction of sp³-hybridized carbons (Fsp3) is 0.211. The Kier molecular flexibility index (Phi) is 5.05. The Morgan fingerprint density at radius 3 is 2.72 bits per heavy atom. The minimum Gasteiger partial charge on any atom is -0.492 e. The zero-order valence-corrected chi connectivity index (χ0v) is 14.8. The molecule has 0 aliphatic heterocycles. The third-order valence-corrected chi connectivity index (χ3v) is 4.56. The predicted molar refractivity (Wildman–Crippen MR) is 99.4 cm³/mol. The Morgan fingerprint density at radius 2 is 1.96 bits per heavy atom. The van der Waals surface area contributed by atoms with Crippen LogP contribution < -0.4 is 10.3 Å². The van der Waals surface area contributed by atoms with Gasteiger partial charge in [0, 0.05) is 0 Å². The molecule has 1 atom stereocenters. The number of hydrogen-bond donors (Lipinski definition) is 0. The fourth-order valence-electron chi connectivity index (χ4n) is 2.51. The first-order valence-electron chi connectivity index (χ1n) is 7.96. The maximum atomic E-state index is 13.1. The van der Waals surface area contributed by atoms with Crippen LogP contribution >= 0.6 is 11.8 Å². The second kappa shape index (κ2) is 7.41. The van der Waals surface area contributed by atoms with Gasteiger partial charge in [-0.1, -0.05) is 36.0 Å². The highest BCUT2D eigenvalue weighted by Crippen LogP contribution is 2.29. The highest BCUT2D eigenvalue weighted by Gasteiger charge is 2.18. The number of hydrogen-bond acceptors (Lipinski definition) is 5. The van der Waals surface area contributed by atoms with E-state index in [1.165, 1.54) is 16.3 Å². The van der Waals surface area contributed by atoms with Gasteiger partial charge in [-0.05, 0) is 38.1 Å². The van der Waals surface area contributed by atoms with E-state index in [0.29, 0.717) is 34.1 Å². The second-order valence-corrected chi connectivity index (χ2v) is 6.65. The molecule has 126 valence electrons. The summed E-state index contributed by atoms with van der Waals surface area (Å²) in [4.78, 5) is 17.8. The van der Waals surface area contributed by atoms with Crippen LogP contribution in [0.3, 0.4) is 0 Å². The summed E-state index contributed by atoms with van der Waals surface area (Å²) in [5, 5.41) is 9.84. The summed E-state index contributed by atoms with van der Waals surface area (Å²) in [6, 6.07) is 16.7. The molecule has 1 heterocycles. The molecule has 0 bridgehead atoms. The molecule has 0 unspecified atom stereocenters. The number of fused-ring (bicyclic) bond motifs is 1. The Labute approximate surface area is 149 Å². The minimum atomic E-state index is -0.335. The van der Waals surface area contributed by atoms with Crippen LogP contribution in [-0.2, 0) is 0 Å². The lowest BCUT2D eigenvalue weighted by Gasteiger charge is -2.16. The number of nitriles is 1. The van der Waals surface area contributed by atoms with E-state index in [1.54, 1.807) is 19.1 Å². The maximum absolute atomic E-state index is 13.1. The van der Waals surface area contributed by atoms with E-state index < -0.39 is 0 Å². The molecule has 0 aliphatic rings. The summed E-state index contributed by atoms with van der Waals surface area (Å²) in [5.74, 6) is 0.607. The van der Waals surface area contributed by atoms with Gasteiger partial charge in [0.15, 0.2) is 5.16 Å². The average Bonchev–Trinajstić information content (AvgIpc) is 2.63. The zero-order valence-electron chi connectivity index (χ0n) is 14.0. The van der Waals surface area contributed by atoms with Gasteiger partial charge >= 0.3 is 0 Å². The van der Waals surface area contributed by atoms with Crippen LogP contribution in [0, 0.1) is 11.3 Å². The lowest BCUT2D eigenvalue weighted by Crippen LogP contribution is -2.23. The molecular weight excluding hydrogens is 334 g/mol. The average molecular weight is 351 g/mol. The largest absolute Gasteiger partial charge is 0.492 e. The number of benzene rings is 2. The molecule has 0 fully saturated rings. The molecule has 0 spiro atoms. The Balaban J connectivity index is 2.32. The number of ether oxygens (including phenoxy) is 1. The van der Waals surface area contributed by atoms with Crippen molar-refractivity contribution < 1.29 is 4.74 Å². The van der Waals surface area contributed by atoms with Crippen molar-refractivity contribution in [3.8, 4) is 17.5 Å². The second-order valence-electron chi connectivity index (χ2n) is 5.34. The van der Waals surface area contributed by atoms with Gasteiger partial charge in [0.2, 0.25) is 0 Å². The van der Waals surface area contributed by atoms with Crippen LogP contribution in [0.2, 0.25) is 0 Å². The third-order valence-electron chi connectivity index (χ3n) is 3.61. The summed E-state index contributed by atoms with van der Waals surface area (Å²) in [6.45, 7) is 4.17. The Hall–Kier alpha value is -2.78. The summed E-state index contributed by atoms with van der Waals surface area (Å²) in [5.41, 5.74) is 1.07. The highest BCUT2D eigenvalue weighted by molar-refractivity contribution is 8.00. The minimum absolute atomic E-state index is 0.176. The number of para-hydroxylation sites is 3. The molecule has 0 saturated carbocycles. The van der Waals surface area contributed by atoms with Gasteiger partial charge in [0.05, 0.1) is 34.5 Å². The van der Waals surface area contributed by atoms with Crippen LogP contribution in [-0.4, -0.2) is 21.4 Å². The molecule has 0 amide bonds. The number of thioether (sulfide) groups is 1. The van der Waals surface area contributed by atoms with Crippen LogP contribution in [0.1, 0.15) is 13.8 Å². The lowest BCUT2D eigenvalue weighted by molar-refractivity contribution is 0.338. The first-order valence-corrected chi connectivity index (χ1v) is 8.84. The summed E-state index contributed by atoms with van der Waals surface area (Å²) < 4.78 is 7.22. The molecule has 0 radical (unpaired) electrons. The van der Waals surface area contributed by atoms with Crippen molar-refractivity contribution in [1.82, 2.24) is 9.55 Å². The van der Waals surface area contributed by atoms with Crippen molar-refractivity contribution in [2.45, 2.75) is 24.3 Å². The van der Waals surface area contributed by atoms with Crippen molar-refractivity contribution >= 4 is 22.7 Å². The molecule has 5 nitrogen and oxygen atoms in total. The number of nitrogens with zero attached hydrogens (tertiary/aromatic N) is 3. The van der Waals surface area contributed by atoms with Gasteiger partial charge in [0.25, 0.3) is 5.56 Å².